The number of thiazole rings is 1. The van der Waals surface area contributed by atoms with E-state index >= 15 is 0 Å². The summed E-state index contributed by atoms with van der Waals surface area (Å²) in [7, 11) is 0.978. The molecule has 9 nitrogen and oxygen atoms in total. The molecule has 190 valence electrons. The van der Waals surface area contributed by atoms with E-state index in [1.807, 2.05) is 0 Å². The Morgan fingerprint density at radius 2 is 1.72 bits per heavy atom. The molecule has 0 unspecified atom stereocenters. The second-order valence-corrected chi connectivity index (χ2v) is 11.2. The quantitative estimate of drug-likeness (QED) is 0.307. The Morgan fingerprint density at radius 3 is 2.31 bits per heavy atom. The number of benzene rings is 2. The van der Waals surface area contributed by atoms with Gasteiger partial charge in [-0.05, 0) is 62.4 Å². The van der Waals surface area contributed by atoms with Crippen molar-refractivity contribution in [2.24, 2.45) is 0 Å². The van der Waals surface area contributed by atoms with E-state index in [4.69, 9.17) is 18.9 Å². The molecular weight excluding hydrogens is 502 g/mol. The summed E-state index contributed by atoms with van der Waals surface area (Å²) in [6, 6.07) is 12.8. The molecule has 0 saturated carbocycles. The highest BCUT2D eigenvalue weighted by molar-refractivity contribution is 7.89. The molecule has 36 heavy (non-hydrogen) atoms. The van der Waals surface area contributed by atoms with Crippen LogP contribution in [0.4, 0.5) is 5.13 Å². The monoisotopic (exact) mass is 529 g/mol. The fraction of sp³-hybridized carbons (Fsp3) is 0.280. The average Bonchev–Trinajstić information content (AvgIpc) is 3.56. The third-order valence-corrected chi connectivity index (χ3v) is 8.92. The second kappa shape index (κ2) is 10.3. The molecule has 0 aliphatic rings. The molecule has 1 amide bonds. The van der Waals surface area contributed by atoms with Crippen LogP contribution in [0.25, 0.3) is 10.2 Å². The molecule has 0 radical (unpaired) electrons. The van der Waals surface area contributed by atoms with Gasteiger partial charge in [0.1, 0.15) is 27.5 Å². The van der Waals surface area contributed by atoms with Crippen LogP contribution in [0.5, 0.6) is 11.5 Å². The van der Waals surface area contributed by atoms with Crippen LogP contribution in [-0.2, 0) is 16.6 Å². The molecule has 4 aromatic rings. The van der Waals surface area contributed by atoms with Crippen molar-refractivity contribution in [2.45, 2.75) is 31.3 Å². The first-order chi connectivity index (χ1) is 17.2. The third kappa shape index (κ3) is 4.81. The fourth-order valence-corrected chi connectivity index (χ4v) is 5.98. The van der Waals surface area contributed by atoms with Crippen LogP contribution in [-0.4, -0.2) is 50.9 Å². The Morgan fingerprint density at radius 1 is 1.06 bits per heavy atom. The lowest BCUT2D eigenvalue weighted by molar-refractivity contribution is 0.0983. The Balaban J connectivity index is 1.75. The van der Waals surface area contributed by atoms with E-state index in [-0.39, 0.29) is 23.4 Å². The molecule has 0 aliphatic carbocycles. The van der Waals surface area contributed by atoms with E-state index in [9.17, 15) is 13.2 Å². The molecule has 2 aromatic heterocycles. The van der Waals surface area contributed by atoms with Gasteiger partial charge in [-0.1, -0.05) is 11.3 Å². The van der Waals surface area contributed by atoms with Gasteiger partial charge >= 0.3 is 0 Å². The van der Waals surface area contributed by atoms with Crippen molar-refractivity contribution >= 4 is 42.6 Å². The van der Waals surface area contributed by atoms with E-state index in [0.29, 0.717) is 33.5 Å². The van der Waals surface area contributed by atoms with Gasteiger partial charge in [0.25, 0.3) is 5.91 Å². The summed E-state index contributed by atoms with van der Waals surface area (Å²) < 4.78 is 44.1. The highest BCUT2D eigenvalue weighted by Crippen LogP contribution is 2.40. The summed E-state index contributed by atoms with van der Waals surface area (Å²) in [5.74, 6) is 1.38. The highest BCUT2D eigenvalue weighted by atomic mass is 32.2. The molecular formula is C25H27N3O6S2. The van der Waals surface area contributed by atoms with Crippen LogP contribution < -0.4 is 14.4 Å². The van der Waals surface area contributed by atoms with Crippen molar-refractivity contribution in [3.63, 3.8) is 0 Å². The normalized spacial score (nSPS) is 11.9. The van der Waals surface area contributed by atoms with Gasteiger partial charge in [-0.25, -0.2) is 13.4 Å². The number of ether oxygens (including phenoxy) is 2. The smallest absolute Gasteiger partial charge is 0.260 e. The van der Waals surface area contributed by atoms with Gasteiger partial charge in [-0.3, -0.25) is 9.69 Å². The fourth-order valence-electron chi connectivity index (χ4n) is 3.54. The molecule has 2 aromatic carbocycles. The van der Waals surface area contributed by atoms with E-state index < -0.39 is 10.0 Å². The molecule has 2 heterocycles. The number of hydrogen-bond donors (Lipinski definition) is 0. The minimum atomic E-state index is -3.67. The predicted molar refractivity (Wildman–Crippen MR) is 138 cm³/mol. The van der Waals surface area contributed by atoms with Gasteiger partial charge in [-0.15, -0.1) is 0 Å². The van der Waals surface area contributed by atoms with Crippen molar-refractivity contribution in [2.75, 3.05) is 26.2 Å². The number of fused-ring (bicyclic) bond motifs is 1. The topological polar surface area (TPSA) is 102 Å². The molecule has 0 bridgehead atoms. The standard InChI is InChI=1S/C25H27N3O6S2/c1-16(2)27(3)36(30,31)19-10-8-17(9-11-19)24(29)28(15-18-7-6-14-34-18)25-26-22-20(32-4)12-13-21(33-5)23(22)35-25/h6-14,16H,15H2,1-5H3. The Kier molecular flexibility index (Phi) is 7.34. The van der Waals surface area contributed by atoms with Crippen molar-refractivity contribution in [1.29, 1.82) is 0 Å². The number of hydrogen-bond acceptors (Lipinski definition) is 8. The zero-order valence-electron chi connectivity index (χ0n) is 20.6. The number of furan rings is 1. The number of sulfonamides is 1. The van der Waals surface area contributed by atoms with Gasteiger partial charge in [0.2, 0.25) is 10.0 Å². The first kappa shape index (κ1) is 25.7. The van der Waals surface area contributed by atoms with Gasteiger partial charge in [0.05, 0.1) is 31.9 Å². The lowest BCUT2D eigenvalue weighted by atomic mass is 10.2. The summed E-state index contributed by atoms with van der Waals surface area (Å²) in [4.78, 5) is 20.0. The summed E-state index contributed by atoms with van der Waals surface area (Å²) in [6.07, 6.45) is 1.53. The van der Waals surface area contributed by atoms with Gasteiger partial charge in [0.15, 0.2) is 5.13 Å². The van der Waals surface area contributed by atoms with Crippen LogP contribution >= 0.6 is 11.3 Å². The maximum Gasteiger partial charge on any atom is 0.260 e. The molecule has 0 aliphatic heterocycles. The Labute approximate surface area is 213 Å². The van der Waals surface area contributed by atoms with Crippen molar-refractivity contribution in [1.82, 2.24) is 9.29 Å². The number of carbonyl (C=O) groups is 1. The number of rotatable bonds is 9. The lowest BCUT2D eigenvalue weighted by Crippen LogP contribution is -2.33. The predicted octanol–water partition coefficient (Wildman–Crippen LogP) is 4.78. The number of carbonyl (C=O) groups excluding carboxylic acids is 1. The molecule has 0 fully saturated rings. The van der Waals surface area contributed by atoms with Crippen LogP contribution in [0, 0.1) is 0 Å². The molecule has 0 atom stereocenters. The molecule has 11 heteroatoms. The van der Waals surface area contributed by atoms with Crippen molar-refractivity contribution in [3.8, 4) is 11.5 Å². The Hall–Kier alpha value is -3.41. The summed E-state index contributed by atoms with van der Waals surface area (Å²) >= 11 is 1.29. The number of amides is 1. The number of aromatic nitrogens is 1. The van der Waals surface area contributed by atoms with Crippen molar-refractivity contribution < 1.29 is 27.1 Å². The number of anilines is 1. The SMILES string of the molecule is COc1ccc(OC)c2sc(N(Cc3ccco3)C(=O)c3ccc(S(=O)(=O)N(C)C(C)C)cc3)nc12. The van der Waals surface area contributed by atoms with Crippen LogP contribution in [0.15, 0.2) is 64.1 Å². The van der Waals surface area contributed by atoms with Crippen LogP contribution in [0.3, 0.4) is 0 Å². The van der Waals surface area contributed by atoms with E-state index in [1.165, 1.54) is 58.1 Å². The third-order valence-electron chi connectivity index (χ3n) is 5.77. The Bertz CT molecular complexity index is 1420. The van der Waals surface area contributed by atoms with Gasteiger partial charge < -0.3 is 13.9 Å². The summed E-state index contributed by atoms with van der Waals surface area (Å²) in [6.45, 7) is 3.72. The second-order valence-electron chi connectivity index (χ2n) is 8.25. The minimum absolute atomic E-state index is 0.113. The zero-order chi connectivity index (χ0) is 26.0. The number of methoxy groups -OCH3 is 2. The zero-order valence-corrected chi connectivity index (χ0v) is 22.2. The molecule has 0 saturated heterocycles. The number of nitrogens with zero attached hydrogens (tertiary/aromatic N) is 3. The first-order valence-corrected chi connectivity index (χ1v) is 13.4. The van der Waals surface area contributed by atoms with Crippen LogP contribution in [0.2, 0.25) is 0 Å². The van der Waals surface area contributed by atoms with Crippen molar-refractivity contribution in [3.05, 3.63) is 66.1 Å². The lowest BCUT2D eigenvalue weighted by Gasteiger charge is -2.21. The largest absolute Gasteiger partial charge is 0.495 e. The summed E-state index contributed by atoms with van der Waals surface area (Å²) in [5.41, 5.74) is 0.887. The maximum absolute atomic E-state index is 13.7. The maximum atomic E-state index is 13.7. The van der Waals surface area contributed by atoms with Gasteiger partial charge in [-0.2, -0.15) is 4.31 Å². The molecule has 0 N–H and O–H groups in total. The minimum Gasteiger partial charge on any atom is -0.495 e. The first-order valence-electron chi connectivity index (χ1n) is 11.1. The van der Waals surface area contributed by atoms with E-state index in [1.54, 1.807) is 52.3 Å². The van der Waals surface area contributed by atoms with Gasteiger partial charge in [0, 0.05) is 18.7 Å². The summed E-state index contributed by atoms with van der Waals surface area (Å²) in [5, 5.41) is 0.422. The van der Waals surface area contributed by atoms with Crippen LogP contribution in [0.1, 0.15) is 30.0 Å². The van der Waals surface area contributed by atoms with E-state index in [2.05, 4.69) is 0 Å². The van der Waals surface area contributed by atoms with E-state index in [0.717, 1.165) is 4.70 Å². The average molecular weight is 530 g/mol. The molecule has 4 rings (SSSR count). The molecule has 0 spiro atoms. The highest BCUT2D eigenvalue weighted by Gasteiger charge is 2.27.